The second kappa shape index (κ2) is 11.2. The number of rotatable bonds is 9. The maximum Gasteiger partial charge on any atom is 0.229 e. The van der Waals surface area contributed by atoms with Crippen LogP contribution in [-0.4, -0.2) is 59.3 Å². The summed E-state index contributed by atoms with van der Waals surface area (Å²) in [5.74, 6) is 2.12. The molecule has 2 aromatic heterocycles. The maximum absolute atomic E-state index is 5.91. The van der Waals surface area contributed by atoms with Gasteiger partial charge in [-0.1, -0.05) is 13.8 Å². The molecule has 0 spiro atoms. The molecular formula is C28H36N6O2. The van der Waals surface area contributed by atoms with Crippen molar-refractivity contribution in [2.24, 2.45) is 5.41 Å². The van der Waals surface area contributed by atoms with E-state index in [0.29, 0.717) is 18.0 Å². The molecule has 0 atom stereocenters. The van der Waals surface area contributed by atoms with E-state index in [1.807, 2.05) is 36.5 Å². The molecule has 1 saturated heterocycles. The molecule has 0 radical (unpaired) electrons. The van der Waals surface area contributed by atoms with Crippen LogP contribution in [0.2, 0.25) is 0 Å². The fourth-order valence-electron chi connectivity index (χ4n) is 4.70. The summed E-state index contributed by atoms with van der Waals surface area (Å²) in [4.78, 5) is 16.1. The quantitative estimate of drug-likeness (QED) is 0.408. The first kappa shape index (κ1) is 24.5. The molecule has 190 valence electrons. The highest BCUT2D eigenvalue weighted by atomic mass is 16.5. The Kier molecular flexibility index (Phi) is 7.63. The molecule has 1 aliphatic carbocycles. The summed E-state index contributed by atoms with van der Waals surface area (Å²) in [7, 11) is 0. The minimum atomic E-state index is 0.329. The third-order valence-corrected chi connectivity index (χ3v) is 6.81. The van der Waals surface area contributed by atoms with E-state index in [2.05, 4.69) is 45.4 Å². The van der Waals surface area contributed by atoms with Crippen molar-refractivity contribution in [1.29, 1.82) is 0 Å². The lowest BCUT2D eigenvalue weighted by Crippen LogP contribution is -2.37. The van der Waals surface area contributed by atoms with Crippen LogP contribution in [0.1, 0.15) is 37.9 Å². The first-order valence-corrected chi connectivity index (χ1v) is 12.9. The monoisotopic (exact) mass is 488 g/mol. The predicted octanol–water partition coefficient (Wildman–Crippen LogP) is 4.97. The van der Waals surface area contributed by atoms with Crippen molar-refractivity contribution in [2.75, 3.05) is 50.1 Å². The first-order valence-electron chi connectivity index (χ1n) is 12.9. The summed E-state index contributed by atoms with van der Waals surface area (Å²) in [6, 6.07) is 12.0. The first-order chi connectivity index (χ1) is 17.5. The second-order valence-electron chi connectivity index (χ2n) is 10.4. The van der Waals surface area contributed by atoms with Gasteiger partial charge in [-0.05, 0) is 73.1 Å². The van der Waals surface area contributed by atoms with Crippen LogP contribution < -0.4 is 15.4 Å². The number of aryl methyl sites for hydroxylation is 1. The van der Waals surface area contributed by atoms with Gasteiger partial charge in [-0.25, -0.2) is 4.98 Å². The smallest absolute Gasteiger partial charge is 0.229 e. The predicted molar refractivity (Wildman–Crippen MR) is 142 cm³/mol. The molecule has 36 heavy (non-hydrogen) atoms. The van der Waals surface area contributed by atoms with Crippen LogP contribution in [0.25, 0.3) is 0 Å². The molecule has 1 aromatic carbocycles. The van der Waals surface area contributed by atoms with E-state index in [4.69, 9.17) is 14.5 Å². The van der Waals surface area contributed by atoms with Crippen molar-refractivity contribution in [2.45, 2.75) is 39.5 Å². The van der Waals surface area contributed by atoms with E-state index in [9.17, 15) is 0 Å². The van der Waals surface area contributed by atoms with E-state index in [0.717, 1.165) is 75.1 Å². The van der Waals surface area contributed by atoms with Crippen molar-refractivity contribution in [3.05, 3.63) is 60.0 Å². The van der Waals surface area contributed by atoms with E-state index in [1.54, 1.807) is 6.20 Å². The summed E-state index contributed by atoms with van der Waals surface area (Å²) >= 11 is 0. The lowest BCUT2D eigenvalue weighted by molar-refractivity contribution is 0.0358. The topological polar surface area (TPSA) is 84.4 Å². The van der Waals surface area contributed by atoms with Crippen LogP contribution >= 0.6 is 0 Å². The Balaban J connectivity index is 1.12. The summed E-state index contributed by atoms with van der Waals surface area (Å²) in [6.07, 6.45) is 7.93. The number of anilines is 4. The molecular weight excluding hydrogens is 452 g/mol. The van der Waals surface area contributed by atoms with Gasteiger partial charge in [0.25, 0.3) is 0 Å². The molecule has 0 saturated carbocycles. The molecule has 1 aliphatic heterocycles. The van der Waals surface area contributed by atoms with E-state index in [-0.39, 0.29) is 0 Å². The average Bonchev–Trinajstić information content (AvgIpc) is 2.88. The van der Waals surface area contributed by atoms with E-state index in [1.165, 1.54) is 17.7 Å². The Morgan fingerprint density at radius 2 is 1.86 bits per heavy atom. The van der Waals surface area contributed by atoms with Crippen molar-refractivity contribution < 1.29 is 9.47 Å². The zero-order valence-corrected chi connectivity index (χ0v) is 21.3. The Bertz CT molecular complexity index is 1150. The van der Waals surface area contributed by atoms with Gasteiger partial charge in [0.2, 0.25) is 5.95 Å². The van der Waals surface area contributed by atoms with Crippen molar-refractivity contribution >= 4 is 23.1 Å². The Morgan fingerprint density at radius 3 is 2.69 bits per heavy atom. The average molecular weight is 489 g/mol. The summed E-state index contributed by atoms with van der Waals surface area (Å²) in [6.45, 7) is 10.1. The molecule has 8 heteroatoms. The zero-order valence-electron chi connectivity index (χ0n) is 21.3. The fourth-order valence-corrected chi connectivity index (χ4v) is 4.70. The van der Waals surface area contributed by atoms with Crippen molar-refractivity contribution in [1.82, 2.24) is 19.9 Å². The highest BCUT2D eigenvalue weighted by Gasteiger charge is 2.26. The molecule has 2 aliphatic rings. The van der Waals surface area contributed by atoms with Gasteiger partial charge in [-0.2, -0.15) is 4.98 Å². The van der Waals surface area contributed by atoms with Crippen molar-refractivity contribution in [3.8, 4) is 5.75 Å². The van der Waals surface area contributed by atoms with Crippen LogP contribution in [0, 0.1) is 5.41 Å². The van der Waals surface area contributed by atoms with Gasteiger partial charge in [0.1, 0.15) is 11.6 Å². The SMILES string of the molecule is CC1(C)CCc2cc(Nc3ccnc(Nc4ccc(OCCCN5CCOCC5)cc4)n3)cnc2C1. The summed E-state index contributed by atoms with van der Waals surface area (Å²) < 4.78 is 11.3. The standard InChI is InChI=1S/C28H36N6O2/c1-28(2)10-8-21-18-23(20-30-25(21)19-28)31-26-9-11-29-27(33-26)32-22-4-6-24(7-5-22)36-15-3-12-34-13-16-35-17-14-34/h4-7,9,11,18,20H,3,8,10,12-17,19H2,1-2H3,(H2,29,31,32,33). The maximum atomic E-state index is 5.91. The van der Waals surface area contributed by atoms with Crippen LogP contribution in [-0.2, 0) is 17.6 Å². The number of ether oxygens (including phenoxy) is 2. The largest absolute Gasteiger partial charge is 0.494 e. The summed E-state index contributed by atoms with van der Waals surface area (Å²) in [5.41, 5.74) is 4.73. The summed E-state index contributed by atoms with van der Waals surface area (Å²) in [5, 5.41) is 6.65. The molecule has 3 heterocycles. The van der Waals surface area contributed by atoms with Crippen LogP contribution in [0.5, 0.6) is 5.75 Å². The number of pyridine rings is 1. The van der Waals surface area contributed by atoms with Crippen molar-refractivity contribution in [3.63, 3.8) is 0 Å². The van der Waals surface area contributed by atoms with E-state index >= 15 is 0 Å². The van der Waals surface area contributed by atoms with Gasteiger partial charge in [0, 0.05) is 37.2 Å². The van der Waals surface area contributed by atoms with E-state index < -0.39 is 0 Å². The zero-order chi connectivity index (χ0) is 24.8. The second-order valence-corrected chi connectivity index (χ2v) is 10.4. The third-order valence-electron chi connectivity index (χ3n) is 6.81. The number of hydrogen-bond donors (Lipinski definition) is 2. The van der Waals surface area contributed by atoms with Crippen LogP contribution in [0.15, 0.2) is 48.8 Å². The molecule has 2 N–H and O–H groups in total. The Hall–Kier alpha value is -3.23. The normalized spacial score (nSPS) is 17.3. The third kappa shape index (κ3) is 6.71. The Labute approximate surface area is 213 Å². The minimum absolute atomic E-state index is 0.329. The number of aromatic nitrogens is 3. The molecule has 8 nitrogen and oxygen atoms in total. The van der Waals surface area contributed by atoms with Crippen LogP contribution in [0.4, 0.5) is 23.1 Å². The highest BCUT2D eigenvalue weighted by Crippen LogP contribution is 2.34. The minimum Gasteiger partial charge on any atom is -0.494 e. The molecule has 3 aromatic rings. The van der Waals surface area contributed by atoms with Crippen LogP contribution in [0.3, 0.4) is 0 Å². The molecule has 0 amide bonds. The molecule has 0 unspecified atom stereocenters. The number of fused-ring (bicyclic) bond motifs is 1. The number of benzene rings is 1. The van der Waals surface area contributed by atoms with Gasteiger partial charge in [0.05, 0.1) is 31.7 Å². The van der Waals surface area contributed by atoms with Gasteiger partial charge in [-0.15, -0.1) is 0 Å². The fraction of sp³-hybridized carbons (Fsp3) is 0.464. The number of morpholine rings is 1. The molecule has 1 fully saturated rings. The highest BCUT2D eigenvalue weighted by molar-refractivity contribution is 5.60. The van der Waals surface area contributed by atoms with Gasteiger partial charge >= 0.3 is 0 Å². The number of nitrogens with one attached hydrogen (secondary N) is 2. The van der Waals surface area contributed by atoms with Gasteiger partial charge < -0.3 is 20.1 Å². The lowest BCUT2D eigenvalue weighted by Gasteiger charge is -2.30. The number of nitrogens with zero attached hydrogens (tertiary/aromatic N) is 4. The number of hydrogen-bond acceptors (Lipinski definition) is 8. The van der Waals surface area contributed by atoms with Gasteiger partial charge in [-0.3, -0.25) is 9.88 Å². The molecule has 0 bridgehead atoms. The van der Waals surface area contributed by atoms with Gasteiger partial charge in [0.15, 0.2) is 0 Å². The Morgan fingerprint density at radius 1 is 1.03 bits per heavy atom. The molecule has 5 rings (SSSR count). The lowest BCUT2D eigenvalue weighted by atomic mass is 9.76.